The highest BCUT2D eigenvalue weighted by Crippen LogP contribution is 2.24. The van der Waals surface area contributed by atoms with E-state index >= 15 is 0 Å². The molecule has 3 aromatic rings. The molecule has 0 spiro atoms. The van der Waals surface area contributed by atoms with Crippen molar-refractivity contribution in [1.29, 1.82) is 0 Å². The van der Waals surface area contributed by atoms with Gasteiger partial charge in [0, 0.05) is 17.7 Å². The van der Waals surface area contributed by atoms with Gasteiger partial charge in [0.25, 0.3) is 11.4 Å². The Morgan fingerprint density at radius 2 is 1.64 bits per heavy atom. The molecule has 0 aliphatic heterocycles. The van der Waals surface area contributed by atoms with Gasteiger partial charge in [-0.25, -0.2) is 9.47 Å². The number of nitro groups is 2. The number of nitrogens with zero attached hydrogens (tertiary/aromatic N) is 6. The van der Waals surface area contributed by atoms with E-state index in [0.29, 0.717) is 5.56 Å². The first-order valence-corrected chi connectivity index (χ1v) is 7.58. The van der Waals surface area contributed by atoms with E-state index in [9.17, 15) is 25.0 Å². The van der Waals surface area contributed by atoms with Crippen LogP contribution in [0.15, 0.2) is 60.2 Å². The summed E-state index contributed by atoms with van der Waals surface area (Å²) in [7, 11) is 0. The molecule has 1 heterocycles. The number of para-hydroxylation sites is 1. The van der Waals surface area contributed by atoms with Crippen LogP contribution in [0, 0.1) is 20.2 Å². The van der Waals surface area contributed by atoms with Gasteiger partial charge in [-0.3, -0.25) is 20.2 Å². The molecular weight excluding hydrogens is 372 g/mol. The number of rotatable bonds is 6. The van der Waals surface area contributed by atoms with Crippen LogP contribution < -0.4 is 4.74 Å². The molecule has 0 N–H and O–H groups in total. The Morgan fingerprint density at radius 1 is 1.04 bits per heavy atom. The highest BCUT2D eigenvalue weighted by Gasteiger charge is 2.21. The van der Waals surface area contributed by atoms with Crippen molar-refractivity contribution in [2.45, 2.75) is 0 Å². The minimum Gasteiger partial charge on any atom is -0.422 e. The molecular formula is C16H10N6O6. The van der Waals surface area contributed by atoms with Crippen LogP contribution in [0.4, 0.5) is 11.4 Å². The normalized spacial score (nSPS) is 10.7. The molecule has 12 heteroatoms. The summed E-state index contributed by atoms with van der Waals surface area (Å²) >= 11 is 0. The van der Waals surface area contributed by atoms with Gasteiger partial charge >= 0.3 is 5.97 Å². The third-order valence-corrected chi connectivity index (χ3v) is 3.42. The molecule has 0 saturated carbocycles. The molecule has 0 amide bonds. The fourth-order valence-electron chi connectivity index (χ4n) is 2.15. The zero-order valence-electron chi connectivity index (χ0n) is 13.9. The van der Waals surface area contributed by atoms with E-state index in [2.05, 4.69) is 15.3 Å². The van der Waals surface area contributed by atoms with E-state index in [1.807, 2.05) is 0 Å². The molecule has 12 nitrogen and oxygen atoms in total. The van der Waals surface area contributed by atoms with Crippen LogP contribution in [0.1, 0.15) is 15.9 Å². The molecule has 2 aromatic carbocycles. The largest absolute Gasteiger partial charge is 0.422 e. The number of nitro benzene ring substituents is 2. The van der Waals surface area contributed by atoms with Crippen LogP contribution in [-0.2, 0) is 0 Å². The van der Waals surface area contributed by atoms with Gasteiger partial charge in [-0.2, -0.15) is 5.10 Å². The van der Waals surface area contributed by atoms with Crippen molar-refractivity contribution >= 4 is 23.6 Å². The Hall–Kier alpha value is -4.48. The molecule has 3 rings (SSSR count). The summed E-state index contributed by atoms with van der Waals surface area (Å²) in [6.07, 6.45) is 4.10. The lowest BCUT2D eigenvalue weighted by Gasteiger charge is -2.07. The molecule has 1 aromatic heterocycles. The van der Waals surface area contributed by atoms with Crippen molar-refractivity contribution < 1.29 is 19.4 Å². The van der Waals surface area contributed by atoms with Gasteiger partial charge in [0.15, 0.2) is 0 Å². The molecule has 0 radical (unpaired) electrons. The summed E-state index contributed by atoms with van der Waals surface area (Å²) in [5.41, 5.74) is -1.09. The van der Waals surface area contributed by atoms with E-state index in [4.69, 9.17) is 4.74 Å². The number of hydrogen-bond acceptors (Lipinski definition) is 9. The zero-order valence-corrected chi connectivity index (χ0v) is 13.9. The first-order valence-electron chi connectivity index (χ1n) is 7.58. The number of non-ortho nitro benzene ring substituents is 2. The molecule has 140 valence electrons. The SMILES string of the molecule is O=C(Oc1ccccc1C=Nn1cnnc1)c1cc([N+](=O)[O-])cc([N+](=O)[O-])c1. The predicted octanol–water partition coefficient (Wildman–Crippen LogP) is 2.20. The van der Waals surface area contributed by atoms with E-state index in [0.717, 1.165) is 18.2 Å². The van der Waals surface area contributed by atoms with Crippen LogP contribution in [0.25, 0.3) is 0 Å². The van der Waals surface area contributed by atoms with Crippen molar-refractivity contribution in [2.24, 2.45) is 5.10 Å². The second-order valence-corrected chi connectivity index (χ2v) is 5.27. The van der Waals surface area contributed by atoms with E-state index in [-0.39, 0.29) is 11.3 Å². The molecule has 28 heavy (non-hydrogen) atoms. The van der Waals surface area contributed by atoms with Crippen LogP contribution >= 0.6 is 0 Å². The van der Waals surface area contributed by atoms with Crippen molar-refractivity contribution in [2.75, 3.05) is 0 Å². The summed E-state index contributed by atoms with van der Waals surface area (Å²) in [6, 6.07) is 8.96. The maximum absolute atomic E-state index is 12.4. The van der Waals surface area contributed by atoms with E-state index in [1.165, 1.54) is 29.6 Å². The number of carbonyl (C=O) groups is 1. The highest BCUT2D eigenvalue weighted by molar-refractivity contribution is 5.94. The monoisotopic (exact) mass is 382 g/mol. The minimum absolute atomic E-state index is 0.110. The van der Waals surface area contributed by atoms with Crippen LogP contribution in [0.5, 0.6) is 5.75 Å². The summed E-state index contributed by atoms with van der Waals surface area (Å²) in [5, 5.41) is 33.2. The van der Waals surface area contributed by atoms with Gasteiger partial charge in [-0.1, -0.05) is 12.1 Å². The van der Waals surface area contributed by atoms with Gasteiger partial charge in [0.1, 0.15) is 18.4 Å². The van der Waals surface area contributed by atoms with Crippen molar-refractivity contribution in [3.63, 3.8) is 0 Å². The smallest absolute Gasteiger partial charge is 0.344 e. The second kappa shape index (κ2) is 7.82. The Morgan fingerprint density at radius 3 is 2.25 bits per heavy atom. The maximum atomic E-state index is 12.4. The topological polar surface area (TPSA) is 156 Å². The standard InChI is InChI=1S/C16H10N6O6/c23-16(12-5-13(21(24)25)7-14(6-12)22(26)27)28-15-4-2-1-3-11(15)8-19-20-9-17-18-10-20/h1-10H. The molecule has 0 saturated heterocycles. The third kappa shape index (κ3) is 4.19. The van der Waals surface area contributed by atoms with Gasteiger partial charge in [-0.05, 0) is 12.1 Å². The average molecular weight is 382 g/mol. The lowest BCUT2D eigenvalue weighted by molar-refractivity contribution is -0.394. The van der Waals surface area contributed by atoms with Gasteiger partial charge in [0.2, 0.25) is 0 Å². The molecule has 0 bridgehead atoms. The highest BCUT2D eigenvalue weighted by atomic mass is 16.6. The lowest BCUT2D eigenvalue weighted by atomic mass is 10.1. The Kier molecular flexibility index (Phi) is 5.12. The zero-order chi connectivity index (χ0) is 20.1. The Bertz CT molecular complexity index is 1050. The van der Waals surface area contributed by atoms with Crippen molar-refractivity contribution in [3.8, 4) is 5.75 Å². The van der Waals surface area contributed by atoms with Crippen molar-refractivity contribution in [1.82, 2.24) is 14.9 Å². The van der Waals surface area contributed by atoms with Crippen molar-refractivity contribution in [3.05, 3.63) is 86.5 Å². The summed E-state index contributed by atoms with van der Waals surface area (Å²) in [6.45, 7) is 0. The quantitative estimate of drug-likeness (QED) is 0.206. The fraction of sp³-hybridized carbons (Fsp3) is 0. The number of benzene rings is 2. The first kappa shape index (κ1) is 18.3. The number of aromatic nitrogens is 3. The number of hydrogen-bond donors (Lipinski definition) is 0. The molecule has 0 aliphatic rings. The summed E-state index contributed by atoms with van der Waals surface area (Å²) < 4.78 is 6.58. The summed E-state index contributed by atoms with van der Waals surface area (Å²) in [4.78, 5) is 32.7. The summed E-state index contributed by atoms with van der Waals surface area (Å²) in [5.74, 6) is -0.879. The molecule has 0 aliphatic carbocycles. The molecule has 0 unspecified atom stereocenters. The number of ether oxygens (including phenoxy) is 1. The van der Waals surface area contributed by atoms with Gasteiger partial charge < -0.3 is 4.74 Å². The second-order valence-electron chi connectivity index (χ2n) is 5.27. The number of carbonyl (C=O) groups excluding carboxylic acids is 1. The van der Waals surface area contributed by atoms with Gasteiger partial charge in [0.05, 0.1) is 27.7 Å². The van der Waals surface area contributed by atoms with E-state index < -0.39 is 27.2 Å². The number of esters is 1. The fourth-order valence-corrected chi connectivity index (χ4v) is 2.15. The third-order valence-electron chi connectivity index (χ3n) is 3.42. The Labute approximate surface area is 156 Å². The van der Waals surface area contributed by atoms with E-state index in [1.54, 1.807) is 18.2 Å². The maximum Gasteiger partial charge on any atom is 0.344 e. The van der Waals surface area contributed by atoms with Crippen LogP contribution in [0.3, 0.4) is 0 Å². The average Bonchev–Trinajstić information content (AvgIpc) is 3.20. The first-order chi connectivity index (χ1) is 13.4. The molecule has 0 atom stereocenters. The molecule has 0 fully saturated rings. The predicted molar refractivity (Wildman–Crippen MR) is 94.2 cm³/mol. The Balaban J connectivity index is 1.89. The lowest BCUT2D eigenvalue weighted by Crippen LogP contribution is -2.11. The van der Waals surface area contributed by atoms with Gasteiger partial charge in [-0.15, -0.1) is 10.2 Å². The van der Waals surface area contributed by atoms with Crippen LogP contribution in [0.2, 0.25) is 0 Å². The van der Waals surface area contributed by atoms with Crippen LogP contribution in [-0.4, -0.2) is 36.9 Å². The minimum atomic E-state index is -0.989.